The molecule has 1 heterocycles. The summed E-state index contributed by atoms with van der Waals surface area (Å²) in [5, 5.41) is 0. The molecule has 3 rings (SSSR count). The van der Waals surface area contributed by atoms with Crippen LogP contribution in [0.1, 0.15) is 35.7 Å². The second-order valence-electron chi connectivity index (χ2n) is 7.19. The van der Waals surface area contributed by atoms with E-state index in [0.717, 1.165) is 31.6 Å². The molecule has 1 fully saturated rings. The fourth-order valence-electron chi connectivity index (χ4n) is 3.34. The second-order valence-corrected chi connectivity index (χ2v) is 7.19. The summed E-state index contributed by atoms with van der Waals surface area (Å²) in [4.78, 5) is 26.3. The number of hydrogen-bond acceptors (Lipinski definition) is 4. The minimum absolute atomic E-state index is 0.0259. The first-order valence-corrected chi connectivity index (χ1v) is 9.75. The van der Waals surface area contributed by atoms with Crippen molar-refractivity contribution in [1.29, 1.82) is 0 Å². The Labute approximate surface area is 166 Å². The minimum Gasteiger partial charge on any atom is -0.484 e. The fourth-order valence-corrected chi connectivity index (χ4v) is 3.34. The molecule has 0 aromatic heterocycles. The summed E-state index contributed by atoms with van der Waals surface area (Å²) in [7, 11) is 0. The number of benzene rings is 2. The lowest BCUT2D eigenvalue weighted by Gasteiger charge is -2.30. The highest BCUT2D eigenvalue weighted by Gasteiger charge is 2.22. The van der Waals surface area contributed by atoms with Crippen LogP contribution in [0, 0.1) is 5.92 Å². The van der Waals surface area contributed by atoms with E-state index < -0.39 is 0 Å². The first-order valence-electron chi connectivity index (χ1n) is 9.75. The largest absolute Gasteiger partial charge is 0.484 e. The summed E-state index contributed by atoms with van der Waals surface area (Å²) >= 11 is 0. The number of ether oxygens (including phenoxy) is 2. The summed E-state index contributed by atoms with van der Waals surface area (Å²) in [6.45, 7) is 4.25. The number of carbonyl (C=O) groups excluding carboxylic acids is 2. The zero-order valence-corrected chi connectivity index (χ0v) is 16.3. The van der Waals surface area contributed by atoms with Crippen LogP contribution in [0.5, 0.6) is 5.75 Å². The van der Waals surface area contributed by atoms with Crippen LogP contribution >= 0.6 is 0 Å². The van der Waals surface area contributed by atoms with Crippen molar-refractivity contribution in [1.82, 2.24) is 4.90 Å². The summed E-state index contributed by atoms with van der Waals surface area (Å²) in [6.07, 6.45) is 1.94. The van der Waals surface area contributed by atoms with Crippen LogP contribution in [0.4, 0.5) is 0 Å². The number of rotatable bonds is 8. The average Bonchev–Trinajstić information content (AvgIpc) is 2.73. The van der Waals surface area contributed by atoms with E-state index in [-0.39, 0.29) is 18.3 Å². The maximum absolute atomic E-state index is 12.9. The van der Waals surface area contributed by atoms with Crippen molar-refractivity contribution < 1.29 is 19.1 Å². The van der Waals surface area contributed by atoms with Crippen molar-refractivity contribution in [3.8, 4) is 5.75 Å². The molecule has 1 saturated heterocycles. The highest BCUT2D eigenvalue weighted by Crippen LogP contribution is 2.19. The number of ketones is 1. The Morgan fingerprint density at radius 3 is 2.54 bits per heavy atom. The quantitative estimate of drug-likeness (QED) is 0.654. The van der Waals surface area contributed by atoms with Gasteiger partial charge < -0.3 is 14.4 Å². The van der Waals surface area contributed by atoms with E-state index in [1.54, 1.807) is 24.3 Å². The monoisotopic (exact) mass is 381 g/mol. The lowest BCUT2D eigenvalue weighted by molar-refractivity contribution is -0.135. The maximum atomic E-state index is 12.9. The second kappa shape index (κ2) is 10.0. The molecule has 1 aliphatic rings. The third-order valence-electron chi connectivity index (χ3n) is 4.99. The molecule has 0 bridgehead atoms. The lowest BCUT2D eigenvalue weighted by atomic mass is 9.99. The Kier molecular flexibility index (Phi) is 7.20. The third-order valence-corrected chi connectivity index (χ3v) is 4.99. The van der Waals surface area contributed by atoms with Gasteiger partial charge in [0.2, 0.25) is 0 Å². The summed E-state index contributed by atoms with van der Waals surface area (Å²) < 4.78 is 11.1. The summed E-state index contributed by atoms with van der Waals surface area (Å²) in [5.74, 6) is 0.903. The van der Waals surface area contributed by atoms with Gasteiger partial charge in [-0.25, -0.2) is 0 Å². The number of carbonyl (C=O) groups is 2. The van der Waals surface area contributed by atoms with E-state index in [4.69, 9.17) is 9.47 Å². The van der Waals surface area contributed by atoms with Crippen molar-refractivity contribution in [2.75, 3.05) is 26.4 Å². The fraction of sp³-hybridized carbons (Fsp3) is 0.391. The molecule has 2 aromatic carbocycles. The molecule has 0 N–H and O–H groups in total. The molecular formula is C23H27NO4. The molecule has 148 valence electrons. The molecule has 0 atom stereocenters. The topological polar surface area (TPSA) is 55.8 Å². The van der Waals surface area contributed by atoms with Crippen LogP contribution in [-0.2, 0) is 16.1 Å². The van der Waals surface area contributed by atoms with Crippen LogP contribution in [0.2, 0.25) is 0 Å². The normalized spacial score (nSPS) is 14.5. The van der Waals surface area contributed by atoms with Gasteiger partial charge in [-0.05, 0) is 43.4 Å². The predicted octanol–water partition coefficient (Wildman–Crippen LogP) is 3.72. The van der Waals surface area contributed by atoms with Gasteiger partial charge in [0.25, 0.3) is 5.91 Å². The highest BCUT2D eigenvalue weighted by atomic mass is 16.5. The molecule has 28 heavy (non-hydrogen) atoms. The average molecular weight is 381 g/mol. The number of amides is 1. The Morgan fingerprint density at radius 1 is 1.07 bits per heavy atom. The molecular weight excluding hydrogens is 354 g/mol. The summed E-state index contributed by atoms with van der Waals surface area (Å²) in [6, 6.07) is 16.9. The molecule has 0 aliphatic carbocycles. The van der Waals surface area contributed by atoms with E-state index in [2.05, 4.69) is 0 Å². The van der Waals surface area contributed by atoms with Crippen molar-refractivity contribution in [3.63, 3.8) is 0 Å². The van der Waals surface area contributed by atoms with Crippen LogP contribution < -0.4 is 4.74 Å². The first-order chi connectivity index (χ1) is 13.6. The van der Waals surface area contributed by atoms with Gasteiger partial charge in [0.05, 0.1) is 0 Å². The number of hydrogen-bond donors (Lipinski definition) is 0. The predicted molar refractivity (Wildman–Crippen MR) is 107 cm³/mol. The van der Waals surface area contributed by atoms with Crippen molar-refractivity contribution in [2.24, 2.45) is 5.92 Å². The van der Waals surface area contributed by atoms with Gasteiger partial charge in [-0.3, -0.25) is 9.59 Å². The third kappa shape index (κ3) is 5.92. The maximum Gasteiger partial charge on any atom is 0.260 e. The Morgan fingerprint density at radius 2 is 1.82 bits per heavy atom. The molecule has 1 aliphatic heterocycles. The van der Waals surface area contributed by atoms with Gasteiger partial charge in [0.15, 0.2) is 12.4 Å². The van der Waals surface area contributed by atoms with Gasteiger partial charge in [0, 0.05) is 31.9 Å². The van der Waals surface area contributed by atoms with Gasteiger partial charge in [-0.15, -0.1) is 0 Å². The van der Waals surface area contributed by atoms with E-state index in [1.165, 1.54) is 6.92 Å². The van der Waals surface area contributed by atoms with Crippen LogP contribution in [0.15, 0.2) is 54.6 Å². The Bertz CT molecular complexity index is 784. The first kappa shape index (κ1) is 20.1. The van der Waals surface area contributed by atoms with E-state index in [0.29, 0.717) is 30.3 Å². The van der Waals surface area contributed by atoms with Crippen LogP contribution in [0.3, 0.4) is 0 Å². The molecule has 0 saturated carbocycles. The van der Waals surface area contributed by atoms with Crippen molar-refractivity contribution >= 4 is 11.7 Å². The van der Waals surface area contributed by atoms with Gasteiger partial charge in [0.1, 0.15) is 5.75 Å². The molecule has 0 unspecified atom stereocenters. The lowest BCUT2D eigenvalue weighted by Crippen LogP contribution is -2.39. The van der Waals surface area contributed by atoms with Crippen LogP contribution in [-0.4, -0.2) is 43.0 Å². The molecule has 2 aromatic rings. The van der Waals surface area contributed by atoms with E-state index >= 15 is 0 Å². The molecule has 0 radical (unpaired) electrons. The summed E-state index contributed by atoms with van der Waals surface area (Å²) in [5.41, 5.74) is 1.68. The van der Waals surface area contributed by atoms with Gasteiger partial charge in [-0.1, -0.05) is 42.5 Å². The zero-order valence-electron chi connectivity index (χ0n) is 16.3. The number of Topliss-reactive ketones (excluding diaryl/α,β-unsaturated/α-hetero) is 1. The zero-order chi connectivity index (χ0) is 19.8. The minimum atomic E-state index is -0.0522. The SMILES string of the molecule is CC(=O)c1cccc(OCC(=O)N(Cc2ccccc2)CC2CCOCC2)c1. The Balaban J connectivity index is 1.64. The molecule has 1 amide bonds. The van der Waals surface area contributed by atoms with E-state index in [1.807, 2.05) is 35.2 Å². The molecule has 5 nitrogen and oxygen atoms in total. The van der Waals surface area contributed by atoms with E-state index in [9.17, 15) is 9.59 Å². The van der Waals surface area contributed by atoms with Crippen LogP contribution in [0.25, 0.3) is 0 Å². The molecule has 5 heteroatoms. The Hall–Kier alpha value is -2.66. The smallest absolute Gasteiger partial charge is 0.260 e. The standard InChI is InChI=1S/C23H27NO4/c1-18(25)21-8-5-9-22(14-21)28-17-23(26)24(15-19-6-3-2-4-7-19)16-20-10-12-27-13-11-20/h2-9,14,20H,10-13,15-17H2,1H3. The molecule has 0 spiro atoms. The number of nitrogens with zero attached hydrogens (tertiary/aromatic N) is 1. The van der Waals surface area contributed by atoms with Gasteiger partial charge in [-0.2, -0.15) is 0 Å². The van der Waals surface area contributed by atoms with Crippen molar-refractivity contribution in [3.05, 3.63) is 65.7 Å². The highest BCUT2D eigenvalue weighted by molar-refractivity contribution is 5.94. The van der Waals surface area contributed by atoms with Crippen molar-refractivity contribution in [2.45, 2.75) is 26.3 Å². The van der Waals surface area contributed by atoms with Gasteiger partial charge >= 0.3 is 0 Å².